The van der Waals surface area contributed by atoms with E-state index in [1.165, 1.54) is 6.42 Å². The molecule has 0 spiro atoms. The van der Waals surface area contributed by atoms with Crippen LogP contribution in [0.15, 0.2) is 0 Å². The molecule has 3 unspecified atom stereocenters. The van der Waals surface area contributed by atoms with Gasteiger partial charge >= 0.3 is 5.97 Å². The van der Waals surface area contributed by atoms with Crippen molar-refractivity contribution in [3.63, 3.8) is 0 Å². The smallest absolute Gasteiger partial charge is 0.323 e. The van der Waals surface area contributed by atoms with Crippen LogP contribution >= 0.6 is 0 Å². The zero-order valence-electron chi connectivity index (χ0n) is 11.0. The van der Waals surface area contributed by atoms with Gasteiger partial charge in [0, 0.05) is 13.7 Å². The molecule has 1 rings (SSSR count). The number of esters is 1. The van der Waals surface area contributed by atoms with E-state index in [2.05, 4.69) is 6.92 Å². The van der Waals surface area contributed by atoms with Crippen LogP contribution in [-0.2, 0) is 14.3 Å². The van der Waals surface area contributed by atoms with Crippen molar-refractivity contribution in [1.29, 1.82) is 0 Å². The van der Waals surface area contributed by atoms with Gasteiger partial charge in [0.2, 0.25) is 0 Å². The van der Waals surface area contributed by atoms with Crippen molar-refractivity contribution < 1.29 is 14.3 Å². The molecule has 0 aliphatic heterocycles. The number of methoxy groups -OCH3 is 1. The third kappa shape index (κ3) is 5.50. The summed E-state index contributed by atoms with van der Waals surface area (Å²) >= 11 is 0. The fourth-order valence-corrected chi connectivity index (χ4v) is 2.30. The van der Waals surface area contributed by atoms with Crippen LogP contribution in [0.3, 0.4) is 0 Å². The minimum Gasteiger partial charge on any atom is -0.461 e. The van der Waals surface area contributed by atoms with Crippen LogP contribution in [0.5, 0.6) is 0 Å². The molecule has 4 nitrogen and oxygen atoms in total. The predicted octanol–water partition coefficient (Wildman–Crippen LogP) is 1.86. The average Bonchev–Trinajstić information content (AvgIpc) is 2.29. The third-order valence-electron chi connectivity index (χ3n) is 3.34. The van der Waals surface area contributed by atoms with Crippen LogP contribution in [0.4, 0.5) is 0 Å². The number of carbonyl (C=O) groups excluding carboxylic acids is 1. The van der Waals surface area contributed by atoms with Gasteiger partial charge in [-0.15, -0.1) is 0 Å². The van der Waals surface area contributed by atoms with Crippen LogP contribution in [0, 0.1) is 5.92 Å². The molecule has 1 fully saturated rings. The van der Waals surface area contributed by atoms with Gasteiger partial charge in [0.1, 0.15) is 12.1 Å². The molecule has 3 atom stereocenters. The molecule has 0 amide bonds. The summed E-state index contributed by atoms with van der Waals surface area (Å²) in [5, 5.41) is 0. The molecule has 1 saturated carbocycles. The van der Waals surface area contributed by atoms with Crippen molar-refractivity contribution in [1.82, 2.24) is 0 Å². The number of hydrogen-bond donors (Lipinski definition) is 1. The Balaban J connectivity index is 2.22. The molecule has 4 heteroatoms. The number of ether oxygens (including phenoxy) is 2. The Morgan fingerprint density at radius 1 is 1.47 bits per heavy atom. The lowest BCUT2D eigenvalue weighted by molar-refractivity contribution is -0.153. The normalized spacial score (nSPS) is 26.5. The monoisotopic (exact) mass is 243 g/mol. The van der Waals surface area contributed by atoms with Crippen molar-refractivity contribution in [3.8, 4) is 0 Å². The Morgan fingerprint density at radius 2 is 2.24 bits per heavy atom. The number of carbonyl (C=O) groups is 1. The molecule has 0 aromatic rings. The Kier molecular flexibility index (Phi) is 6.52. The minimum absolute atomic E-state index is 0.0831. The summed E-state index contributed by atoms with van der Waals surface area (Å²) in [6.45, 7) is 2.85. The van der Waals surface area contributed by atoms with E-state index in [1.807, 2.05) is 0 Å². The van der Waals surface area contributed by atoms with Crippen molar-refractivity contribution >= 4 is 5.97 Å². The first kappa shape index (κ1) is 14.5. The van der Waals surface area contributed by atoms with Gasteiger partial charge in [-0.25, -0.2) is 0 Å². The van der Waals surface area contributed by atoms with Crippen LogP contribution in [0.2, 0.25) is 0 Å². The van der Waals surface area contributed by atoms with Gasteiger partial charge in [-0.3, -0.25) is 4.79 Å². The topological polar surface area (TPSA) is 61.5 Å². The molecular weight excluding hydrogens is 218 g/mol. The van der Waals surface area contributed by atoms with Gasteiger partial charge in [-0.05, 0) is 38.0 Å². The molecule has 0 aromatic carbocycles. The lowest BCUT2D eigenvalue weighted by atomic mass is 9.89. The van der Waals surface area contributed by atoms with Crippen LogP contribution in [0.1, 0.15) is 45.4 Å². The summed E-state index contributed by atoms with van der Waals surface area (Å²) in [6, 6.07) is -0.498. The first-order valence-corrected chi connectivity index (χ1v) is 6.58. The first-order valence-electron chi connectivity index (χ1n) is 6.58. The molecular formula is C13H25NO3. The standard InChI is InChI=1S/C13H25NO3/c1-10-5-3-6-11(9-10)17-13(15)12(14)7-4-8-16-2/h10-12H,3-9,14H2,1-2H3. The van der Waals surface area contributed by atoms with E-state index in [0.29, 0.717) is 18.9 Å². The Bertz CT molecular complexity index is 233. The van der Waals surface area contributed by atoms with Crippen molar-refractivity contribution in [3.05, 3.63) is 0 Å². The van der Waals surface area contributed by atoms with E-state index in [0.717, 1.165) is 25.7 Å². The van der Waals surface area contributed by atoms with Gasteiger partial charge in [-0.1, -0.05) is 13.3 Å². The molecule has 0 heterocycles. The van der Waals surface area contributed by atoms with E-state index < -0.39 is 6.04 Å². The largest absolute Gasteiger partial charge is 0.461 e. The van der Waals surface area contributed by atoms with Crippen LogP contribution < -0.4 is 5.73 Å². The second kappa shape index (κ2) is 7.67. The van der Waals surface area contributed by atoms with Crippen molar-refractivity contribution in [2.24, 2.45) is 11.7 Å². The highest BCUT2D eigenvalue weighted by molar-refractivity contribution is 5.75. The van der Waals surface area contributed by atoms with E-state index in [9.17, 15) is 4.79 Å². The second-order valence-electron chi connectivity index (χ2n) is 5.07. The molecule has 0 saturated heterocycles. The molecule has 1 aliphatic rings. The second-order valence-corrected chi connectivity index (χ2v) is 5.07. The number of nitrogens with two attached hydrogens (primary N) is 1. The van der Waals surface area contributed by atoms with Gasteiger partial charge < -0.3 is 15.2 Å². The minimum atomic E-state index is -0.498. The molecule has 1 aliphatic carbocycles. The Morgan fingerprint density at radius 3 is 2.88 bits per heavy atom. The Hall–Kier alpha value is -0.610. The van der Waals surface area contributed by atoms with Gasteiger partial charge in [0.05, 0.1) is 0 Å². The maximum atomic E-state index is 11.7. The summed E-state index contributed by atoms with van der Waals surface area (Å²) in [4.78, 5) is 11.7. The van der Waals surface area contributed by atoms with E-state index in [4.69, 9.17) is 15.2 Å². The molecule has 0 aromatic heterocycles. The third-order valence-corrected chi connectivity index (χ3v) is 3.34. The summed E-state index contributed by atoms with van der Waals surface area (Å²) in [5.74, 6) is 0.409. The summed E-state index contributed by atoms with van der Waals surface area (Å²) < 4.78 is 10.4. The highest BCUT2D eigenvalue weighted by atomic mass is 16.5. The maximum Gasteiger partial charge on any atom is 0.323 e. The fraction of sp³-hybridized carbons (Fsp3) is 0.923. The van der Waals surface area contributed by atoms with Gasteiger partial charge in [-0.2, -0.15) is 0 Å². The first-order chi connectivity index (χ1) is 8.13. The lowest BCUT2D eigenvalue weighted by Gasteiger charge is -2.27. The zero-order valence-corrected chi connectivity index (χ0v) is 11.0. The number of rotatable bonds is 6. The number of hydrogen-bond acceptors (Lipinski definition) is 4. The lowest BCUT2D eigenvalue weighted by Crippen LogP contribution is -2.36. The van der Waals surface area contributed by atoms with E-state index >= 15 is 0 Å². The zero-order chi connectivity index (χ0) is 12.7. The quantitative estimate of drug-likeness (QED) is 0.571. The highest BCUT2D eigenvalue weighted by Crippen LogP contribution is 2.25. The van der Waals surface area contributed by atoms with Crippen LogP contribution in [0.25, 0.3) is 0 Å². The molecule has 0 radical (unpaired) electrons. The van der Waals surface area contributed by atoms with E-state index in [1.54, 1.807) is 7.11 Å². The van der Waals surface area contributed by atoms with Gasteiger partial charge in [0.15, 0.2) is 0 Å². The molecule has 0 bridgehead atoms. The fourth-order valence-electron chi connectivity index (χ4n) is 2.30. The van der Waals surface area contributed by atoms with Gasteiger partial charge in [0.25, 0.3) is 0 Å². The van der Waals surface area contributed by atoms with Crippen LogP contribution in [-0.4, -0.2) is 31.8 Å². The molecule has 2 N–H and O–H groups in total. The van der Waals surface area contributed by atoms with Crippen molar-refractivity contribution in [2.45, 2.75) is 57.6 Å². The van der Waals surface area contributed by atoms with E-state index in [-0.39, 0.29) is 12.1 Å². The summed E-state index contributed by atoms with van der Waals surface area (Å²) in [6.07, 6.45) is 5.88. The maximum absolute atomic E-state index is 11.7. The molecule has 17 heavy (non-hydrogen) atoms. The SMILES string of the molecule is COCCCC(N)C(=O)OC1CCCC(C)C1. The predicted molar refractivity (Wildman–Crippen MR) is 66.6 cm³/mol. The molecule has 100 valence electrons. The highest BCUT2D eigenvalue weighted by Gasteiger charge is 2.24. The summed E-state index contributed by atoms with van der Waals surface area (Å²) in [7, 11) is 1.65. The summed E-state index contributed by atoms with van der Waals surface area (Å²) in [5.41, 5.74) is 5.78. The van der Waals surface area contributed by atoms with Crippen molar-refractivity contribution in [2.75, 3.05) is 13.7 Å². The Labute approximate surface area is 104 Å². The average molecular weight is 243 g/mol.